The molecule has 0 unspecified atom stereocenters. The molecule has 0 amide bonds. The summed E-state index contributed by atoms with van der Waals surface area (Å²) in [5.74, 6) is 0.428. The molecule has 0 aromatic carbocycles. The second-order valence-electron chi connectivity index (χ2n) is 4.47. The smallest absolute Gasteiger partial charge is 0.306 e. The van der Waals surface area contributed by atoms with Crippen LogP contribution < -0.4 is 0 Å². The molecule has 2 atom stereocenters. The SMILES string of the molecule is C[C@H]1CCCCC=CCCC(=O)O[C@@H]1C. The zero-order valence-corrected chi connectivity index (χ0v) is 9.87. The molecule has 0 aromatic heterocycles. The van der Waals surface area contributed by atoms with Crippen molar-refractivity contribution < 1.29 is 9.53 Å². The van der Waals surface area contributed by atoms with Crippen LogP contribution in [-0.2, 0) is 9.53 Å². The van der Waals surface area contributed by atoms with E-state index in [1.807, 2.05) is 6.92 Å². The number of rotatable bonds is 0. The lowest BCUT2D eigenvalue weighted by atomic mass is 9.98. The fourth-order valence-electron chi connectivity index (χ4n) is 1.78. The quantitative estimate of drug-likeness (QED) is 0.452. The van der Waals surface area contributed by atoms with Crippen LogP contribution in [0.15, 0.2) is 12.2 Å². The van der Waals surface area contributed by atoms with Crippen molar-refractivity contribution in [3.63, 3.8) is 0 Å². The number of hydrogen-bond acceptors (Lipinski definition) is 2. The summed E-state index contributed by atoms with van der Waals surface area (Å²) >= 11 is 0. The first-order chi connectivity index (χ1) is 7.20. The van der Waals surface area contributed by atoms with E-state index in [1.165, 1.54) is 12.8 Å². The predicted octanol–water partition coefficient (Wildman–Crippen LogP) is 3.46. The number of hydrogen-bond donors (Lipinski definition) is 0. The van der Waals surface area contributed by atoms with Gasteiger partial charge in [0.1, 0.15) is 6.10 Å². The van der Waals surface area contributed by atoms with Crippen molar-refractivity contribution in [3.05, 3.63) is 12.2 Å². The number of cyclic esters (lactones) is 1. The van der Waals surface area contributed by atoms with E-state index in [4.69, 9.17) is 4.74 Å². The molecule has 2 heteroatoms. The van der Waals surface area contributed by atoms with Gasteiger partial charge in [0.15, 0.2) is 0 Å². The number of esters is 1. The topological polar surface area (TPSA) is 26.3 Å². The fourth-order valence-corrected chi connectivity index (χ4v) is 1.78. The highest BCUT2D eigenvalue weighted by Gasteiger charge is 2.16. The van der Waals surface area contributed by atoms with E-state index in [0.29, 0.717) is 12.3 Å². The van der Waals surface area contributed by atoms with E-state index in [2.05, 4.69) is 19.1 Å². The molecule has 1 aliphatic rings. The highest BCUT2D eigenvalue weighted by Crippen LogP contribution is 2.17. The van der Waals surface area contributed by atoms with Gasteiger partial charge in [-0.15, -0.1) is 0 Å². The fraction of sp³-hybridized carbons (Fsp3) is 0.769. The van der Waals surface area contributed by atoms with E-state index in [1.54, 1.807) is 0 Å². The summed E-state index contributed by atoms with van der Waals surface area (Å²) in [6, 6.07) is 0. The molecule has 1 heterocycles. The zero-order chi connectivity index (χ0) is 11.1. The Morgan fingerprint density at radius 2 is 1.93 bits per heavy atom. The van der Waals surface area contributed by atoms with Gasteiger partial charge < -0.3 is 4.74 Å². The summed E-state index contributed by atoms with van der Waals surface area (Å²) in [4.78, 5) is 11.4. The van der Waals surface area contributed by atoms with Crippen LogP contribution in [-0.4, -0.2) is 12.1 Å². The third kappa shape index (κ3) is 5.01. The molecule has 0 fully saturated rings. The molecule has 15 heavy (non-hydrogen) atoms. The lowest BCUT2D eigenvalue weighted by Crippen LogP contribution is -2.22. The standard InChI is InChI=1S/C13H22O2/c1-11-9-7-5-3-4-6-8-10-13(14)15-12(11)2/h4,6,11-12H,3,5,7-10H2,1-2H3/t11-,12+/m0/s1. The summed E-state index contributed by atoms with van der Waals surface area (Å²) < 4.78 is 5.36. The van der Waals surface area contributed by atoms with Gasteiger partial charge in [-0.1, -0.05) is 25.5 Å². The molecule has 86 valence electrons. The van der Waals surface area contributed by atoms with Crippen LogP contribution in [0, 0.1) is 5.92 Å². The van der Waals surface area contributed by atoms with Crippen molar-refractivity contribution in [2.24, 2.45) is 5.92 Å². The van der Waals surface area contributed by atoms with Gasteiger partial charge >= 0.3 is 5.97 Å². The first-order valence-corrected chi connectivity index (χ1v) is 6.04. The van der Waals surface area contributed by atoms with Crippen molar-refractivity contribution in [2.75, 3.05) is 0 Å². The Morgan fingerprint density at radius 3 is 2.73 bits per heavy atom. The normalized spacial score (nSPS) is 30.1. The maximum atomic E-state index is 11.4. The number of allylic oxidation sites excluding steroid dienone is 2. The van der Waals surface area contributed by atoms with Gasteiger partial charge in [0, 0.05) is 6.42 Å². The Labute approximate surface area is 92.7 Å². The third-order valence-corrected chi connectivity index (χ3v) is 3.08. The van der Waals surface area contributed by atoms with Crippen LogP contribution in [0.3, 0.4) is 0 Å². The van der Waals surface area contributed by atoms with Crippen LogP contribution in [0.5, 0.6) is 0 Å². The minimum absolute atomic E-state index is 0.0560. The van der Waals surface area contributed by atoms with Crippen LogP contribution >= 0.6 is 0 Å². The monoisotopic (exact) mass is 210 g/mol. The van der Waals surface area contributed by atoms with Crippen LogP contribution in [0.1, 0.15) is 52.4 Å². The average Bonchev–Trinajstić information content (AvgIpc) is 2.19. The van der Waals surface area contributed by atoms with E-state index in [9.17, 15) is 4.79 Å². The Bertz CT molecular complexity index is 221. The highest BCUT2D eigenvalue weighted by molar-refractivity contribution is 5.69. The first kappa shape index (κ1) is 12.3. The van der Waals surface area contributed by atoms with E-state index in [-0.39, 0.29) is 12.1 Å². The van der Waals surface area contributed by atoms with Crippen molar-refractivity contribution in [2.45, 2.75) is 58.5 Å². The van der Waals surface area contributed by atoms with Gasteiger partial charge in [-0.2, -0.15) is 0 Å². The van der Waals surface area contributed by atoms with Gasteiger partial charge in [0.25, 0.3) is 0 Å². The van der Waals surface area contributed by atoms with Gasteiger partial charge in [-0.25, -0.2) is 0 Å². The van der Waals surface area contributed by atoms with Crippen molar-refractivity contribution in [3.8, 4) is 0 Å². The Kier molecular flexibility index (Phi) is 5.44. The van der Waals surface area contributed by atoms with E-state index < -0.39 is 0 Å². The zero-order valence-electron chi connectivity index (χ0n) is 9.87. The largest absolute Gasteiger partial charge is 0.462 e. The maximum Gasteiger partial charge on any atom is 0.306 e. The Balaban J connectivity index is 2.47. The summed E-state index contributed by atoms with van der Waals surface area (Å²) in [5, 5.41) is 0. The Morgan fingerprint density at radius 1 is 1.20 bits per heavy atom. The number of carbonyl (C=O) groups excluding carboxylic acids is 1. The summed E-state index contributed by atoms with van der Waals surface area (Å²) in [7, 11) is 0. The molecular weight excluding hydrogens is 188 g/mol. The first-order valence-electron chi connectivity index (χ1n) is 6.04. The minimum Gasteiger partial charge on any atom is -0.462 e. The van der Waals surface area contributed by atoms with Gasteiger partial charge in [0.05, 0.1) is 0 Å². The van der Waals surface area contributed by atoms with Gasteiger partial charge in [-0.3, -0.25) is 4.79 Å². The summed E-state index contributed by atoms with van der Waals surface area (Å²) in [6.45, 7) is 4.17. The van der Waals surface area contributed by atoms with Gasteiger partial charge in [-0.05, 0) is 38.5 Å². The van der Waals surface area contributed by atoms with Crippen molar-refractivity contribution >= 4 is 5.97 Å². The molecule has 0 bridgehead atoms. The molecule has 0 aliphatic carbocycles. The van der Waals surface area contributed by atoms with Crippen LogP contribution in [0.2, 0.25) is 0 Å². The van der Waals surface area contributed by atoms with Gasteiger partial charge in [0.2, 0.25) is 0 Å². The molecule has 0 aromatic rings. The highest BCUT2D eigenvalue weighted by atomic mass is 16.5. The molecule has 2 nitrogen and oxygen atoms in total. The molecule has 0 spiro atoms. The lowest BCUT2D eigenvalue weighted by Gasteiger charge is -2.20. The second kappa shape index (κ2) is 6.65. The number of ether oxygens (including phenoxy) is 1. The molecule has 1 rings (SSSR count). The second-order valence-corrected chi connectivity index (χ2v) is 4.47. The van der Waals surface area contributed by atoms with Crippen molar-refractivity contribution in [1.82, 2.24) is 0 Å². The minimum atomic E-state index is -0.0560. The number of carbonyl (C=O) groups is 1. The summed E-state index contributed by atoms with van der Waals surface area (Å²) in [6.07, 6.45) is 10.5. The molecular formula is C13H22O2. The molecule has 0 N–H and O–H groups in total. The maximum absolute atomic E-state index is 11.4. The average molecular weight is 210 g/mol. The van der Waals surface area contributed by atoms with E-state index in [0.717, 1.165) is 19.3 Å². The van der Waals surface area contributed by atoms with Crippen molar-refractivity contribution in [1.29, 1.82) is 0 Å². The molecule has 1 aliphatic heterocycles. The Hall–Kier alpha value is -0.790. The van der Waals surface area contributed by atoms with E-state index >= 15 is 0 Å². The molecule has 0 saturated heterocycles. The van der Waals surface area contributed by atoms with Crippen LogP contribution in [0.25, 0.3) is 0 Å². The predicted molar refractivity (Wildman–Crippen MR) is 61.6 cm³/mol. The molecule has 0 radical (unpaired) electrons. The van der Waals surface area contributed by atoms with Crippen LogP contribution in [0.4, 0.5) is 0 Å². The molecule has 0 saturated carbocycles. The lowest BCUT2D eigenvalue weighted by molar-refractivity contribution is -0.150. The summed E-state index contributed by atoms with van der Waals surface area (Å²) in [5.41, 5.74) is 0. The third-order valence-electron chi connectivity index (χ3n) is 3.08.